The number of aromatic nitrogens is 4. The van der Waals surface area contributed by atoms with Gasteiger partial charge in [0.15, 0.2) is 17.5 Å². The second-order valence-electron chi connectivity index (χ2n) is 12.4. The summed E-state index contributed by atoms with van der Waals surface area (Å²) in [6, 6.07) is 58.4. The topological polar surface area (TPSA) is 56.7 Å². The molecule has 50 heavy (non-hydrogen) atoms. The summed E-state index contributed by atoms with van der Waals surface area (Å²) in [7, 11) is 0. The van der Waals surface area contributed by atoms with Gasteiger partial charge in [-0.15, -0.1) is 0 Å². The van der Waals surface area contributed by atoms with E-state index < -0.39 is 0 Å². The fourth-order valence-corrected chi connectivity index (χ4v) is 7.16. The maximum absolute atomic E-state index is 6.92. The van der Waals surface area contributed by atoms with Crippen molar-refractivity contribution in [3.63, 3.8) is 0 Å². The molecule has 0 unspecified atom stereocenters. The highest BCUT2D eigenvalue weighted by Gasteiger charge is 2.22. The van der Waals surface area contributed by atoms with Gasteiger partial charge in [0.25, 0.3) is 0 Å². The molecule has 10 aromatic rings. The van der Waals surface area contributed by atoms with Crippen molar-refractivity contribution in [3.05, 3.63) is 170 Å². The van der Waals surface area contributed by atoms with Gasteiger partial charge in [0.1, 0.15) is 11.2 Å². The molecule has 0 saturated carbocycles. The van der Waals surface area contributed by atoms with Gasteiger partial charge in [0, 0.05) is 38.5 Å². The minimum absolute atomic E-state index is 0.588. The van der Waals surface area contributed by atoms with Gasteiger partial charge in [-0.1, -0.05) is 127 Å². The minimum Gasteiger partial charge on any atom is -0.455 e. The van der Waals surface area contributed by atoms with Crippen LogP contribution in [-0.4, -0.2) is 19.5 Å². The molecule has 3 aromatic heterocycles. The number of fused-ring (bicyclic) bond motifs is 7. The highest BCUT2D eigenvalue weighted by molar-refractivity contribution is 6.24. The van der Waals surface area contributed by atoms with Crippen LogP contribution in [0.4, 0.5) is 0 Å². The average Bonchev–Trinajstić information content (AvgIpc) is 3.74. The first kappa shape index (κ1) is 28.2. The van der Waals surface area contributed by atoms with Crippen LogP contribution in [0.25, 0.3) is 94.7 Å². The van der Waals surface area contributed by atoms with Crippen LogP contribution < -0.4 is 0 Å². The Kier molecular flexibility index (Phi) is 6.42. The molecule has 0 aliphatic heterocycles. The molecule has 0 aliphatic rings. The van der Waals surface area contributed by atoms with Gasteiger partial charge >= 0.3 is 0 Å². The summed E-state index contributed by atoms with van der Waals surface area (Å²) in [5, 5.41) is 4.36. The van der Waals surface area contributed by atoms with Crippen LogP contribution in [0.2, 0.25) is 0 Å². The quantitative estimate of drug-likeness (QED) is 0.188. The van der Waals surface area contributed by atoms with E-state index in [1.54, 1.807) is 0 Å². The van der Waals surface area contributed by atoms with Crippen molar-refractivity contribution in [3.8, 4) is 51.0 Å². The molecule has 5 nitrogen and oxygen atoms in total. The molecule has 7 aromatic carbocycles. The summed E-state index contributed by atoms with van der Waals surface area (Å²) in [5.41, 5.74) is 9.83. The van der Waals surface area contributed by atoms with E-state index in [9.17, 15) is 0 Å². The van der Waals surface area contributed by atoms with E-state index in [4.69, 9.17) is 19.4 Å². The van der Waals surface area contributed by atoms with Crippen molar-refractivity contribution in [2.24, 2.45) is 0 Å². The third-order valence-corrected chi connectivity index (χ3v) is 9.45. The highest BCUT2D eigenvalue weighted by atomic mass is 16.3. The predicted octanol–water partition coefficient (Wildman–Crippen LogP) is 11.5. The van der Waals surface area contributed by atoms with Gasteiger partial charge in [-0.05, 0) is 53.6 Å². The standard InChI is InChI=1S/C45H28N4O/c1-5-15-29(16-6-1)35-27-36-33-25-26-39-41(34-23-13-14-24-38(34)49(39)32-21-11-4-12-22-32)42(33)50-40(36)28-37(35)45-47-43(30-17-7-2-8-18-30)46-44(48-45)31-19-9-3-10-20-31/h1-28H. The lowest BCUT2D eigenvalue weighted by Gasteiger charge is -2.12. The Labute approximate surface area is 287 Å². The molecular weight excluding hydrogens is 613 g/mol. The molecule has 0 aliphatic carbocycles. The Morgan fingerprint density at radius 1 is 0.400 bits per heavy atom. The first-order valence-electron chi connectivity index (χ1n) is 16.7. The molecule has 0 radical (unpaired) electrons. The maximum Gasteiger partial charge on any atom is 0.164 e. The number of hydrogen-bond acceptors (Lipinski definition) is 4. The van der Waals surface area contributed by atoms with Gasteiger partial charge in [0.2, 0.25) is 0 Å². The summed E-state index contributed by atoms with van der Waals surface area (Å²) in [4.78, 5) is 15.2. The Balaban J connectivity index is 1.28. The highest BCUT2D eigenvalue weighted by Crippen LogP contribution is 2.43. The van der Waals surface area contributed by atoms with Crippen molar-refractivity contribution >= 4 is 43.7 Å². The van der Waals surface area contributed by atoms with Crippen LogP contribution in [0.15, 0.2) is 174 Å². The van der Waals surface area contributed by atoms with E-state index in [0.717, 1.165) is 77.2 Å². The van der Waals surface area contributed by atoms with Crippen molar-refractivity contribution < 1.29 is 4.42 Å². The van der Waals surface area contributed by atoms with Gasteiger partial charge in [-0.3, -0.25) is 0 Å². The van der Waals surface area contributed by atoms with Gasteiger partial charge in [-0.2, -0.15) is 0 Å². The number of benzene rings is 7. The van der Waals surface area contributed by atoms with E-state index in [-0.39, 0.29) is 0 Å². The van der Waals surface area contributed by atoms with Crippen molar-refractivity contribution in [1.29, 1.82) is 0 Å². The summed E-state index contributed by atoms with van der Waals surface area (Å²) in [6.07, 6.45) is 0. The van der Waals surface area contributed by atoms with E-state index in [1.165, 1.54) is 0 Å². The number of nitrogens with zero attached hydrogens (tertiary/aromatic N) is 4. The Morgan fingerprint density at radius 2 is 0.960 bits per heavy atom. The summed E-state index contributed by atoms with van der Waals surface area (Å²) >= 11 is 0. The van der Waals surface area contributed by atoms with Crippen molar-refractivity contribution in [1.82, 2.24) is 19.5 Å². The summed E-state index contributed by atoms with van der Waals surface area (Å²) in [6.45, 7) is 0. The lowest BCUT2D eigenvalue weighted by Crippen LogP contribution is -2.01. The molecular formula is C45H28N4O. The van der Waals surface area contributed by atoms with Crippen LogP contribution in [0.1, 0.15) is 0 Å². The molecule has 3 heterocycles. The Bertz CT molecular complexity index is 2780. The lowest BCUT2D eigenvalue weighted by atomic mass is 9.96. The molecule has 234 valence electrons. The number of para-hydroxylation sites is 2. The molecule has 0 N–H and O–H groups in total. The first-order chi connectivity index (χ1) is 24.8. The number of hydrogen-bond donors (Lipinski definition) is 0. The molecule has 5 heteroatoms. The van der Waals surface area contributed by atoms with Crippen LogP contribution >= 0.6 is 0 Å². The van der Waals surface area contributed by atoms with E-state index >= 15 is 0 Å². The molecule has 0 amide bonds. The van der Waals surface area contributed by atoms with Gasteiger partial charge in [-0.25, -0.2) is 15.0 Å². The van der Waals surface area contributed by atoms with Crippen LogP contribution in [0.3, 0.4) is 0 Å². The predicted molar refractivity (Wildman–Crippen MR) is 203 cm³/mol. The van der Waals surface area contributed by atoms with E-state index in [1.807, 2.05) is 66.7 Å². The minimum atomic E-state index is 0.588. The van der Waals surface area contributed by atoms with Crippen LogP contribution in [0.5, 0.6) is 0 Å². The lowest BCUT2D eigenvalue weighted by molar-refractivity contribution is 0.673. The SMILES string of the molecule is c1ccc(-c2nc(-c3ccccc3)nc(-c3cc4oc5c(ccc6c5c5ccccc5n6-c5ccccc5)c4cc3-c3ccccc3)n2)cc1. The second-order valence-corrected chi connectivity index (χ2v) is 12.4. The maximum atomic E-state index is 6.92. The Morgan fingerprint density at radius 3 is 1.62 bits per heavy atom. The summed E-state index contributed by atoms with van der Waals surface area (Å²) in [5.74, 6) is 1.83. The monoisotopic (exact) mass is 640 g/mol. The molecule has 0 fully saturated rings. The van der Waals surface area contributed by atoms with Crippen molar-refractivity contribution in [2.45, 2.75) is 0 Å². The molecule has 0 spiro atoms. The third kappa shape index (κ3) is 4.52. The smallest absolute Gasteiger partial charge is 0.164 e. The largest absolute Gasteiger partial charge is 0.455 e. The normalized spacial score (nSPS) is 11.6. The van der Waals surface area contributed by atoms with E-state index in [2.05, 4.69) is 108 Å². The van der Waals surface area contributed by atoms with Crippen LogP contribution in [-0.2, 0) is 0 Å². The zero-order valence-electron chi connectivity index (χ0n) is 26.9. The van der Waals surface area contributed by atoms with Crippen LogP contribution in [0, 0.1) is 0 Å². The molecule has 0 saturated heterocycles. The molecule has 0 atom stereocenters. The average molecular weight is 641 g/mol. The summed E-state index contributed by atoms with van der Waals surface area (Å²) < 4.78 is 9.24. The second kappa shape index (κ2) is 11.4. The fraction of sp³-hybridized carbons (Fsp3) is 0. The third-order valence-electron chi connectivity index (χ3n) is 9.45. The molecule has 0 bridgehead atoms. The zero-order chi connectivity index (χ0) is 33.0. The fourth-order valence-electron chi connectivity index (χ4n) is 7.16. The first-order valence-corrected chi connectivity index (χ1v) is 16.7. The Hall–Kier alpha value is -6.85. The zero-order valence-corrected chi connectivity index (χ0v) is 26.9. The van der Waals surface area contributed by atoms with E-state index in [0.29, 0.717) is 17.5 Å². The van der Waals surface area contributed by atoms with Gasteiger partial charge < -0.3 is 8.98 Å². The number of furan rings is 1. The van der Waals surface area contributed by atoms with Crippen molar-refractivity contribution in [2.75, 3.05) is 0 Å². The van der Waals surface area contributed by atoms with Gasteiger partial charge in [0.05, 0.1) is 16.4 Å². The molecule has 10 rings (SSSR count). The number of rotatable bonds is 5.